The van der Waals surface area contributed by atoms with Gasteiger partial charge < -0.3 is 4.90 Å². The topological polar surface area (TPSA) is 23.6 Å². The van der Waals surface area contributed by atoms with Crippen molar-refractivity contribution in [2.75, 3.05) is 19.6 Å². The smallest absolute Gasteiger partial charge is 0.237 e. The molecule has 0 saturated carbocycles. The first-order valence-corrected chi connectivity index (χ1v) is 8.15. The van der Waals surface area contributed by atoms with Crippen molar-refractivity contribution in [1.82, 2.24) is 9.80 Å². The lowest BCUT2D eigenvalue weighted by atomic mass is 9.90. The molecule has 2 aliphatic heterocycles. The maximum atomic E-state index is 13.7. The minimum absolute atomic E-state index is 0. The lowest BCUT2D eigenvalue weighted by Gasteiger charge is -2.44. The number of carbonyl (C=O) groups excluding carboxylic acids is 1. The highest BCUT2D eigenvalue weighted by molar-refractivity contribution is 5.85. The second-order valence-corrected chi connectivity index (χ2v) is 6.49. The Morgan fingerprint density at radius 1 is 1.04 bits per heavy atom. The Labute approximate surface area is 151 Å². The van der Waals surface area contributed by atoms with Gasteiger partial charge in [0, 0.05) is 19.6 Å². The highest BCUT2D eigenvalue weighted by Gasteiger charge is 2.36. The molecule has 2 aliphatic rings. The second kappa shape index (κ2) is 7.10. The van der Waals surface area contributed by atoms with Gasteiger partial charge in [-0.1, -0.05) is 18.2 Å². The Kier molecular flexibility index (Phi) is 5.06. The Morgan fingerprint density at radius 3 is 2.52 bits per heavy atom. The van der Waals surface area contributed by atoms with Gasteiger partial charge in [0.05, 0.1) is 12.6 Å². The Balaban J connectivity index is 0.00000182. The van der Waals surface area contributed by atoms with Crippen LogP contribution in [0.5, 0.6) is 0 Å². The third-order valence-corrected chi connectivity index (χ3v) is 4.89. The van der Waals surface area contributed by atoms with Crippen molar-refractivity contribution in [3.63, 3.8) is 0 Å². The lowest BCUT2D eigenvalue weighted by molar-refractivity contribution is -0.140. The quantitative estimate of drug-likeness (QED) is 0.816. The minimum atomic E-state index is -0.267. The summed E-state index contributed by atoms with van der Waals surface area (Å²) < 4.78 is 26.7. The molecule has 0 aliphatic carbocycles. The molecule has 4 rings (SSSR count). The van der Waals surface area contributed by atoms with Crippen LogP contribution >= 0.6 is 12.4 Å². The van der Waals surface area contributed by atoms with Gasteiger partial charge in [0.2, 0.25) is 5.91 Å². The summed E-state index contributed by atoms with van der Waals surface area (Å²) in [7, 11) is 0. The van der Waals surface area contributed by atoms with E-state index >= 15 is 0 Å². The molecule has 0 bridgehead atoms. The fourth-order valence-electron chi connectivity index (χ4n) is 3.72. The maximum absolute atomic E-state index is 13.7. The first-order valence-electron chi connectivity index (χ1n) is 8.15. The monoisotopic (exact) mass is 364 g/mol. The summed E-state index contributed by atoms with van der Waals surface area (Å²) in [5.74, 6) is -0.460. The summed E-state index contributed by atoms with van der Waals surface area (Å²) in [4.78, 5) is 16.4. The van der Waals surface area contributed by atoms with E-state index in [4.69, 9.17) is 0 Å². The van der Waals surface area contributed by atoms with Gasteiger partial charge in [0.1, 0.15) is 11.6 Å². The molecule has 1 saturated heterocycles. The molecule has 3 nitrogen and oxygen atoms in total. The van der Waals surface area contributed by atoms with Crippen LogP contribution in [0.25, 0.3) is 0 Å². The van der Waals surface area contributed by atoms with Crippen LogP contribution in [0.1, 0.15) is 22.7 Å². The molecule has 1 atom stereocenters. The summed E-state index contributed by atoms with van der Waals surface area (Å²) in [5, 5.41) is 0. The lowest BCUT2D eigenvalue weighted by Crippen LogP contribution is -2.53. The number of carbonyl (C=O) groups is 1. The van der Waals surface area contributed by atoms with Crippen molar-refractivity contribution in [3.05, 3.63) is 70.8 Å². The van der Waals surface area contributed by atoms with Crippen LogP contribution in [-0.2, 0) is 17.8 Å². The molecular weight excluding hydrogens is 346 g/mol. The molecule has 1 amide bonds. The van der Waals surface area contributed by atoms with Gasteiger partial charge in [-0.2, -0.15) is 0 Å². The van der Waals surface area contributed by atoms with Crippen LogP contribution in [0, 0.1) is 11.6 Å². The fraction of sp³-hybridized carbons (Fsp3) is 0.316. The largest absolute Gasteiger partial charge is 0.333 e. The zero-order valence-electron chi connectivity index (χ0n) is 13.6. The molecule has 132 valence electrons. The van der Waals surface area contributed by atoms with E-state index in [1.165, 1.54) is 18.2 Å². The van der Waals surface area contributed by atoms with Gasteiger partial charge in [-0.3, -0.25) is 9.69 Å². The van der Waals surface area contributed by atoms with Gasteiger partial charge in [-0.15, -0.1) is 12.4 Å². The van der Waals surface area contributed by atoms with Crippen LogP contribution in [0.4, 0.5) is 8.78 Å². The van der Waals surface area contributed by atoms with Crippen molar-refractivity contribution in [2.45, 2.75) is 19.0 Å². The molecule has 1 unspecified atom stereocenters. The van der Waals surface area contributed by atoms with E-state index in [0.29, 0.717) is 26.2 Å². The molecule has 6 heteroatoms. The van der Waals surface area contributed by atoms with E-state index in [2.05, 4.69) is 4.90 Å². The summed E-state index contributed by atoms with van der Waals surface area (Å²) >= 11 is 0. The molecule has 1 fully saturated rings. The molecule has 2 aromatic rings. The average molecular weight is 365 g/mol. The Hall–Kier alpha value is -1.98. The highest BCUT2D eigenvalue weighted by Crippen LogP contribution is 2.34. The number of hydrogen-bond donors (Lipinski definition) is 0. The average Bonchev–Trinajstić information content (AvgIpc) is 2.57. The third kappa shape index (κ3) is 3.53. The van der Waals surface area contributed by atoms with Crippen LogP contribution in [0.2, 0.25) is 0 Å². The van der Waals surface area contributed by atoms with Crippen molar-refractivity contribution < 1.29 is 13.6 Å². The van der Waals surface area contributed by atoms with Gasteiger partial charge >= 0.3 is 0 Å². The number of fused-ring (bicyclic) bond motifs is 3. The van der Waals surface area contributed by atoms with E-state index in [1.54, 1.807) is 18.2 Å². The standard InChI is InChI=1S/C19H18F2N2O.ClH/c20-15-4-1-13(2-5-15)10-22-11-18-17-9-16(21)6-3-14(17)7-8-23(18)19(24)12-22;/h1-6,9,18H,7-8,10-12H2;1H. The van der Waals surface area contributed by atoms with E-state index in [1.807, 2.05) is 11.0 Å². The van der Waals surface area contributed by atoms with Crippen LogP contribution in [0.3, 0.4) is 0 Å². The Morgan fingerprint density at radius 2 is 1.76 bits per heavy atom. The summed E-state index contributed by atoms with van der Waals surface area (Å²) in [6.45, 7) is 2.28. The Bertz CT molecular complexity index is 781. The molecule has 0 radical (unpaired) electrons. The van der Waals surface area contributed by atoms with E-state index in [9.17, 15) is 13.6 Å². The van der Waals surface area contributed by atoms with E-state index < -0.39 is 0 Å². The molecular formula is C19H19ClF2N2O. The normalized spacial score (nSPS) is 19.8. The van der Waals surface area contributed by atoms with Crippen LogP contribution < -0.4 is 0 Å². The van der Waals surface area contributed by atoms with Gasteiger partial charge in [0.25, 0.3) is 0 Å². The molecule has 2 aromatic carbocycles. The SMILES string of the molecule is Cl.O=C1CN(Cc2ccc(F)cc2)CC2c3cc(F)ccc3CCN12. The molecule has 0 N–H and O–H groups in total. The number of hydrogen-bond acceptors (Lipinski definition) is 2. The van der Waals surface area contributed by atoms with Gasteiger partial charge in [-0.25, -0.2) is 8.78 Å². The first-order chi connectivity index (χ1) is 11.6. The highest BCUT2D eigenvalue weighted by atomic mass is 35.5. The van der Waals surface area contributed by atoms with Crippen molar-refractivity contribution >= 4 is 18.3 Å². The third-order valence-electron chi connectivity index (χ3n) is 4.89. The second-order valence-electron chi connectivity index (χ2n) is 6.49. The number of nitrogens with zero attached hydrogens (tertiary/aromatic N) is 2. The number of benzene rings is 2. The van der Waals surface area contributed by atoms with Gasteiger partial charge in [-0.05, 0) is 47.4 Å². The number of piperazine rings is 1. The molecule has 0 aromatic heterocycles. The van der Waals surface area contributed by atoms with Crippen LogP contribution in [0.15, 0.2) is 42.5 Å². The number of amides is 1. The van der Waals surface area contributed by atoms with Gasteiger partial charge in [0.15, 0.2) is 0 Å². The van der Waals surface area contributed by atoms with Crippen molar-refractivity contribution in [2.24, 2.45) is 0 Å². The maximum Gasteiger partial charge on any atom is 0.237 e. The predicted molar refractivity (Wildman–Crippen MR) is 93.5 cm³/mol. The zero-order chi connectivity index (χ0) is 16.7. The fourth-order valence-corrected chi connectivity index (χ4v) is 3.72. The van der Waals surface area contributed by atoms with Crippen molar-refractivity contribution in [3.8, 4) is 0 Å². The van der Waals surface area contributed by atoms with Crippen molar-refractivity contribution in [1.29, 1.82) is 0 Å². The first kappa shape index (κ1) is 17.8. The summed E-state index contributed by atoms with van der Waals surface area (Å²) in [6.07, 6.45) is 0.774. The summed E-state index contributed by atoms with van der Waals surface area (Å²) in [6, 6.07) is 11.1. The van der Waals surface area contributed by atoms with Crippen LogP contribution in [-0.4, -0.2) is 35.3 Å². The zero-order valence-corrected chi connectivity index (χ0v) is 14.4. The minimum Gasteiger partial charge on any atom is -0.333 e. The van der Waals surface area contributed by atoms with E-state index in [0.717, 1.165) is 23.1 Å². The molecule has 2 heterocycles. The molecule has 25 heavy (non-hydrogen) atoms. The molecule has 0 spiro atoms. The predicted octanol–water partition coefficient (Wildman–Crippen LogP) is 3.33. The number of rotatable bonds is 2. The summed E-state index contributed by atoms with van der Waals surface area (Å²) in [5.41, 5.74) is 3.00. The number of halogens is 3. The van der Waals surface area contributed by atoms with E-state index in [-0.39, 0.29) is 36.0 Å².